The highest BCUT2D eigenvalue weighted by atomic mass is 32.1. The molecule has 0 amide bonds. The van der Waals surface area contributed by atoms with Crippen molar-refractivity contribution in [1.29, 1.82) is 0 Å². The predicted molar refractivity (Wildman–Crippen MR) is 61.7 cm³/mol. The van der Waals surface area contributed by atoms with Gasteiger partial charge in [-0.25, -0.2) is 9.97 Å². The Morgan fingerprint density at radius 3 is 2.88 bits per heavy atom. The maximum Gasteiger partial charge on any atom is 0.242 e. The highest BCUT2D eigenvalue weighted by Crippen LogP contribution is 2.29. The summed E-state index contributed by atoms with van der Waals surface area (Å²) in [6, 6.07) is 0. The maximum absolute atomic E-state index is 5.11. The van der Waals surface area contributed by atoms with Crippen LogP contribution in [0.25, 0.3) is 10.7 Å². The Bertz CT molecular complexity index is 472. The van der Waals surface area contributed by atoms with Gasteiger partial charge in [-0.3, -0.25) is 0 Å². The molecule has 6 nitrogen and oxygen atoms in total. The number of hydrogen-bond acceptors (Lipinski definition) is 7. The molecule has 0 saturated carbocycles. The molecule has 0 fully saturated rings. The van der Waals surface area contributed by atoms with Crippen molar-refractivity contribution >= 4 is 16.5 Å². The zero-order valence-electron chi connectivity index (χ0n) is 8.97. The molecule has 0 saturated heterocycles. The van der Waals surface area contributed by atoms with Crippen molar-refractivity contribution in [2.24, 2.45) is 0 Å². The van der Waals surface area contributed by atoms with Crippen LogP contribution in [-0.4, -0.2) is 33.8 Å². The van der Waals surface area contributed by atoms with Crippen LogP contribution >= 0.6 is 11.3 Å². The van der Waals surface area contributed by atoms with Crippen molar-refractivity contribution < 1.29 is 4.74 Å². The number of methoxy groups -OCH3 is 1. The van der Waals surface area contributed by atoms with E-state index in [1.807, 2.05) is 6.92 Å². The van der Waals surface area contributed by atoms with Crippen molar-refractivity contribution in [3.8, 4) is 16.6 Å². The third-order valence-electron chi connectivity index (χ3n) is 1.81. The summed E-state index contributed by atoms with van der Waals surface area (Å²) < 4.78 is 5.11. The van der Waals surface area contributed by atoms with E-state index in [1.54, 1.807) is 19.5 Å². The summed E-state index contributed by atoms with van der Waals surface area (Å²) in [4.78, 5) is 8.25. The molecule has 0 aliphatic carbocycles. The first-order valence-electron chi connectivity index (χ1n) is 4.78. The van der Waals surface area contributed by atoms with E-state index >= 15 is 0 Å². The molecule has 2 aromatic heterocycles. The van der Waals surface area contributed by atoms with E-state index in [4.69, 9.17) is 4.74 Å². The lowest BCUT2D eigenvalue weighted by molar-refractivity contribution is 0.397. The van der Waals surface area contributed by atoms with Crippen LogP contribution in [0.3, 0.4) is 0 Å². The van der Waals surface area contributed by atoms with Crippen LogP contribution in [0.5, 0.6) is 5.88 Å². The fourth-order valence-electron chi connectivity index (χ4n) is 1.16. The SMILES string of the molecule is CCNc1nnc(-c2nccnc2OC)s1. The smallest absolute Gasteiger partial charge is 0.242 e. The van der Waals surface area contributed by atoms with E-state index in [-0.39, 0.29) is 0 Å². The first-order valence-corrected chi connectivity index (χ1v) is 5.59. The normalized spacial score (nSPS) is 10.1. The zero-order valence-corrected chi connectivity index (χ0v) is 9.78. The average molecular weight is 237 g/mol. The first kappa shape index (κ1) is 10.7. The number of anilines is 1. The number of nitrogens with one attached hydrogen (secondary N) is 1. The lowest BCUT2D eigenvalue weighted by Crippen LogP contribution is -1.94. The Hall–Kier alpha value is -1.76. The van der Waals surface area contributed by atoms with Gasteiger partial charge in [-0.05, 0) is 6.92 Å². The fraction of sp³-hybridized carbons (Fsp3) is 0.333. The van der Waals surface area contributed by atoms with Gasteiger partial charge in [-0.1, -0.05) is 11.3 Å². The summed E-state index contributed by atoms with van der Waals surface area (Å²) in [5, 5.41) is 12.6. The molecule has 84 valence electrons. The van der Waals surface area contributed by atoms with Crippen LogP contribution < -0.4 is 10.1 Å². The van der Waals surface area contributed by atoms with Gasteiger partial charge in [0.25, 0.3) is 0 Å². The molecule has 7 heteroatoms. The second-order valence-electron chi connectivity index (χ2n) is 2.86. The van der Waals surface area contributed by atoms with E-state index < -0.39 is 0 Å². The molecule has 2 aromatic rings. The molecule has 0 unspecified atom stereocenters. The van der Waals surface area contributed by atoms with Crippen LogP contribution in [0.1, 0.15) is 6.92 Å². The van der Waals surface area contributed by atoms with Gasteiger partial charge in [0.1, 0.15) is 0 Å². The number of hydrogen-bond donors (Lipinski definition) is 1. The van der Waals surface area contributed by atoms with Crippen molar-refractivity contribution in [2.45, 2.75) is 6.92 Å². The molecule has 0 radical (unpaired) electrons. The Labute approximate surface area is 96.7 Å². The molecule has 0 atom stereocenters. The second kappa shape index (κ2) is 4.84. The maximum atomic E-state index is 5.11. The van der Waals surface area contributed by atoms with Crippen LogP contribution in [0, 0.1) is 0 Å². The number of aromatic nitrogens is 4. The fourth-order valence-corrected chi connectivity index (χ4v) is 1.96. The van der Waals surface area contributed by atoms with Crippen LogP contribution in [0.2, 0.25) is 0 Å². The van der Waals surface area contributed by atoms with Gasteiger partial charge < -0.3 is 10.1 Å². The summed E-state index contributed by atoms with van der Waals surface area (Å²) in [5.41, 5.74) is 0.617. The molecule has 2 heterocycles. The van der Waals surface area contributed by atoms with Gasteiger partial charge in [0, 0.05) is 18.9 Å². The van der Waals surface area contributed by atoms with Crippen molar-refractivity contribution in [2.75, 3.05) is 19.0 Å². The molecular weight excluding hydrogens is 226 g/mol. The van der Waals surface area contributed by atoms with Gasteiger partial charge in [-0.2, -0.15) is 0 Å². The van der Waals surface area contributed by atoms with Crippen molar-refractivity contribution in [3.63, 3.8) is 0 Å². The van der Waals surface area contributed by atoms with E-state index in [0.717, 1.165) is 11.7 Å². The molecule has 0 aromatic carbocycles. The molecular formula is C9H11N5OS. The molecule has 0 aliphatic rings. The highest BCUT2D eigenvalue weighted by molar-refractivity contribution is 7.18. The minimum atomic E-state index is 0.460. The topological polar surface area (TPSA) is 72.8 Å². The molecule has 16 heavy (non-hydrogen) atoms. The van der Waals surface area contributed by atoms with Gasteiger partial charge in [0.15, 0.2) is 10.7 Å². The Morgan fingerprint density at radius 1 is 1.31 bits per heavy atom. The predicted octanol–water partition coefficient (Wildman–Crippen LogP) is 1.44. The summed E-state index contributed by atoms with van der Waals surface area (Å²) in [7, 11) is 1.56. The third-order valence-corrected chi connectivity index (χ3v) is 2.70. The van der Waals surface area contributed by atoms with Gasteiger partial charge in [-0.15, -0.1) is 10.2 Å². The monoisotopic (exact) mass is 237 g/mol. The third kappa shape index (κ3) is 2.08. The number of ether oxygens (including phenoxy) is 1. The lowest BCUT2D eigenvalue weighted by Gasteiger charge is -2.01. The highest BCUT2D eigenvalue weighted by Gasteiger charge is 2.13. The zero-order chi connectivity index (χ0) is 11.4. The van der Waals surface area contributed by atoms with Gasteiger partial charge in [0.05, 0.1) is 7.11 Å². The van der Waals surface area contributed by atoms with Crippen LogP contribution in [0.4, 0.5) is 5.13 Å². The Morgan fingerprint density at radius 2 is 2.12 bits per heavy atom. The van der Waals surface area contributed by atoms with E-state index in [1.165, 1.54) is 11.3 Å². The van der Waals surface area contributed by atoms with E-state index in [2.05, 4.69) is 25.5 Å². The Balaban J connectivity index is 2.34. The van der Waals surface area contributed by atoms with Crippen molar-refractivity contribution in [1.82, 2.24) is 20.2 Å². The first-order chi connectivity index (χ1) is 7.85. The molecule has 2 rings (SSSR count). The average Bonchev–Trinajstić information content (AvgIpc) is 2.78. The molecule has 0 aliphatic heterocycles. The second-order valence-corrected chi connectivity index (χ2v) is 3.83. The molecule has 1 N–H and O–H groups in total. The summed E-state index contributed by atoms with van der Waals surface area (Å²) in [6.45, 7) is 2.82. The van der Waals surface area contributed by atoms with Crippen LogP contribution in [-0.2, 0) is 0 Å². The molecule has 0 bridgehead atoms. The Kier molecular flexibility index (Phi) is 3.25. The van der Waals surface area contributed by atoms with E-state index in [9.17, 15) is 0 Å². The summed E-state index contributed by atoms with van der Waals surface area (Å²) in [5.74, 6) is 0.460. The lowest BCUT2D eigenvalue weighted by atomic mass is 10.4. The number of nitrogens with zero attached hydrogens (tertiary/aromatic N) is 4. The minimum Gasteiger partial charge on any atom is -0.479 e. The summed E-state index contributed by atoms with van der Waals surface area (Å²) >= 11 is 1.42. The molecule has 0 spiro atoms. The standard InChI is InChI=1S/C9H11N5OS/c1-3-10-9-14-13-8(16-9)6-7(15-2)12-5-4-11-6/h4-5H,3H2,1-2H3,(H,10,14). The number of rotatable bonds is 4. The van der Waals surface area contributed by atoms with E-state index in [0.29, 0.717) is 16.6 Å². The minimum absolute atomic E-state index is 0.460. The van der Waals surface area contributed by atoms with Gasteiger partial charge in [0.2, 0.25) is 11.0 Å². The quantitative estimate of drug-likeness (QED) is 0.867. The largest absolute Gasteiger partial charge is 0.479 e. The summed E-state index contributed by atoms with van der Waals surface area (Å²) in [6.07, 6.45) is 3.18. The van der Waals surface area contributed by atoms with Crippen LogP contribution in [0.15, 0.2) is 12.4 Å². The van der Waals surface area contributed by atoms with Crippen molar-refractivity contribution in [3.05, 3.63) is 12.4 Å². The van der Waals surface area contributed by atoms with Gasteiger partial charge >= 0.3 is 0 Å².